The first kappa shape index (κ1) is 15.3. The van der Waals surface area contributed by atoms with Crippen molar-refractivity contribution in [2.75, 3.05) is 6.61 Å². The summed E-state index contributed by atoms with van der Waals surface area (Å²) in [6.45, 7) is 6.75. The second-order valence-corrected chi connectivity index (χ2v) is 5.81. The molecule has 2 saturated heterocycles. The fraction of sp³-hybridized carbons (Fsp3) is 0.867. The van der Waals surface area contributed by atoms with Gasteiger partial charge in [-0.05, 0) is 32.6 Å². The van der Waals surface area contributed by atoms with E-state index in [0.717, 1.165) is 25.9 Å². The molecule has 2 amide bonds. The summed E-state index contributed by atoms with van der Waals surface area (Å²) >= 11 is 0. The first-order valence-corrected chi connectivity index (χ1v) is 7.84. The van der Waals surface area contributed by atoms with Gasteiger partial charge in [0.25, 0.3) is 0 Å². The summed E-state index contributed by atoms with van der Waals surface area (Å²) in [5, 5.41) is 2.87. The van der Waals surface area contributed by atoms with E-state index < -0.39 is 0 Å². The zero-order valence-electron chi connectivity index (χ0n) is 12.7. The first-order chi connectivity index (χ1) is 9.60. The van der Waals surface area contributed by atoms with Crippen molar-refractivity contribution in [1.82, 2.24) is 10.2 Å². The Balaban J connectivity index is 2.18. The van der Waals surface area contributed by atoms with E-state index in [9.17, 15) is 9.59 Å². The van der Waals surface area contributed by atoms with E-state index in [4.69, 9.17) is 4.74 Å². The van der Waals surface area contributed by atoms with Crippen LogP contribution in [0.15, 0.2) is 0 Å². The molecule has 2 rings (SSSR count). The molecule has 5 heteroatoms. The lowest BCUT2D eigenvalue weighted by Crippen LogP contribution is -2.66. The number of carbonyl (C=O) groups is 2. The van der Waals surface area contributed by atoms with Crippen molar-refractivity contribution < 1.29 is 14.3 Å². The fourth-order valence-electron chi connectivity index (χ4n) is 3.30. The quantitative estimate of drug-likeness (QED) is 0.830. The third kappa shape index (κ3) is 2.82. The molecule has 0 bridgehead atoms. The molecule has 5 nitrogen and oxygen atoms in total. The molecule has 1 N–H and O–H groups in total. The SMILES string of the molecule is CCCC1NC(=O)C(CC)N(C(C)C2CCCO2)C1=O. The van der Waals surface area contributed by atoms with Crippen LogP contribution in [0, 0.1) is 0 Å². The monoisotopic (exact) mass is 282 g/mol. The van der Waals surface area contributed by atoms with Gasteiger partial charge in [-0.1, -0.05) is 20.3 Å². The molecule has 2 aliphatic heterocycles. The number of piperazine rings is 1. The first-order valence-electron chi connectivity index (χ1n) is 7.84. The van der Waals surface area contributed by atoms with Crippen LogP contribution < -0.4 is 5.32 Å². The third-order valence-corrected chi connectivity index (χ3v) is 4.41. The molecule has 0 aliphatic carbocycles. The van der Waals surface area contributed by atoms with Gasteiger partial charge in [0.15, 0.2) is 0 Å². The number of amides is 2. The number of nitrogens with zero attached hydrogens (tertiary/aromatic N) is 1. The van der Waals surface area contributed by atoms with Gasteiger partial charge in [0, 0.05) is 6.61 Å². The summed E-state index contributed by atoms with van der Waals surface area (Å²) in [6.07, 6.45) is 4.32. The molecule has 4 atom stereocenters. The van der Waals surface area contributed by atoms with Gasteiger partial charge in [0.05, 0.1) is 12.1 Å². The largest absolute Gasteiger partial charge is 0.376 e. The van der Waals surface area contributed by atoms with Crippen LogP contribution >= 0.6 is 0 Å². The molecule has 0 saturated carbocycles. The molecule has 20 heavy (non-hydrogen) atoms. The zero-order chi connectivity index (χ0) is 14.7. The summed E-state index contributed by atoms with van der Waals surface area (Å²) in [5.74, 6) is 0.0386. The van der Waals surface area contributed by atoms with E-state index in [2.05, 4.69) is 5.32 Å². The molecular weight excluding hydrogens is 256 g/mol. The molecule has 0 spiro atoms. The van der Waals surface area contributed by atoms with Crippen LogP contribution in [0.4, 0.5) is 0 Å². The van der Waals surface area contributed by atoms with Gasteiger partial charge in [-0.25, -0.2) is 0 Å². The lowest BCUT2D eigenvalue weighted by molar-refractivity contribution is -0.155. The number of hydrogen-bond donors (Lipinski definition) is 1. The van der Waals surface area contributed by atoms with Gasteiger partial charge in [0.2, 0.25) is 11.8 Å². The molecule has 0 aromatic carbocycles. The van der Waals surface area contributed by atoms with Crippen molar-refractivity contribution >= 4 is 11.8 Å². The molecule has 2 aliphatic rings. The number of ether oxygens (including phenoxy) is 1. The maximum absolute atomic E-state index is 12.7. The summed E-state index contributed by atoms with van der Waals surface area (Å²) < 4.78 is 5.71. The van der Waals surface area contributed by atoms with Gasteiger partial charge >= 0.3 is 0 Å². The second-order valence-electron chi connectivity index (χ2n) is 5.81. The smallest absolute Gasteiger partial charge is 0.246 e. The highest BCUT2D eigenvalue weighted by molar-refractivity contribution is 5.97. The summed E-state index contributed by atoms with van der Waals surface area (Å²) in [7, 11) is 0. The minimum absolute atomic E-state index is 0.0182. The van der Waals surface area contributed by atoms with Crippen molar-refractivity contribution in [2.24, 2.45) is 0 Å². The van der Waals surface area contributed by atoms with Crippen molar-refractivity contribution in [3.8, 4) is 0 Å². The lowest BCUT2D eigenvalue weighted by atomic mass is 9.97. The zero-order valence-corrected chi connectivity index (χ0v) is 12.7. The molecule has 2 fully saturated rings. The van der Waals surface area contributed by atoms with Crippen molar-refractivity contribution in [3.05, 3.63) is 0 Å². The summed E-state index contributed by atoms with van der Waals surface area (Å²) in [4.78, 5) is 26.7. The minimum atomic E-state index is -0.362. The standard InChI is InChI=1S/C15H26N2O3/c1-4-7-11-15(19)17(12(5-2)14(18)16-11)10(3)13-8-6-9-20-13/h10-13H,4-9H2,1-3H3,(H,16,18). The maximum Gasteiger partial charge on any atom is 0.246 e. The van der Waals surface area contributed by atoms with Gasteiger partial charge in [-0.3, -0.25) is 9.59 Å². The Morgan fingerprint density at radius 3 is 2.70 bits per heavy atom. The molecule has 0 radical (unpaired) electrons. The maximum atomic E-state index is 12.7. The third-order valence-electron chi connectivity index (χ3n) is 4.41. The van der Waals surface area contributed by atoms with Crippen molar-refractivity contribution in [1.29, 1.82) is 0 Å². The van der Waals surface area contributed by atoms with Gasteiger partial charge in [-0.15, -0.1) is 0 Å². The Morgan fingerprint density at radius 2 is 2.15 bits per heavy atom. The van der Waals surface area contributed by atoms with Gasteiger partial charge in [0.1, 0.15) is 12.1 Å². The Labute approximate surface area is 121 Å². The van der Waals surface area contributed by atoms with Crippen molar-refractivity contribution in [3.63, 3.8) is 0 Å². The van der Waals surface area contributed by atoms with Gasteiger partial charge < -0.3 is 15.0 Å². The second kappa shape index (κ2) is 6.57. The highest BCUT2D eigenvalue weighted by atomic mass is 16.5. The number of nitrogens with one attached hydrogen (secondary N) is 1. The van der Waals surface area contributed by atoms with Crippen LogP contribution in [-0.2, 0) is 14.3 Å². The average molecular weight is 282 g/mol. The fourth-order valence-corrected chi connectivity index (χ4v) is 3.30. The van der Waals surface area contributed by atoms with Crippen LogP contribution in [0.2, 0.25) is 0 Å². The predicted octanol–water partition coefficient (Wildman–Crippen LogP) is 1.46. The van der Waals surface area contributed by atoms with Crippen LogP contribution in [0.25, 0.3) is 0 Å². The lowest BCUT2D eigenvalue weighted by Gasteiger charge is -2.43. The Kier molecular flexibility index (Phi) is 5.02. The van der Waals surface area contributed by atoms with E-state index in [1.54, 1.807) is 4.90 Å². The van der Waals surface area contributed by atoms with E-state index in [0.29, 0.717) is 12.8 Å². The highest BCUT2D eigenvalue weighted by Crippen LogP contribution is 2.25. The van der Waals surface area contributed by atoms with Crippen LogP contribution in [0.3, 0.4) is 0 Å². The molecule has 0 aromatic heterocycles. The van der Waals surface area contributed by atoms with Crippen molar-refractivity contribution in [2.45, 2.75) is 77.1 Å². The van der Waals surface area contributed by atoms with E-state index >= 15 is 0 Å². The Hall–Kier alpha value is -1.10. The van der Waals surface area contributed by atoms with Gasteiger partial charge in [-0.2, -0.15) is 0 Å². The molecule has 2 heterocycles. The Morgan fingerprint density at radius 1 is 1.40 bits per heavy atom. The topological polar surface area (TPSA) is 58.6 Å². The molecule has 114 valence electrons. The molecular formula is C15H26N2O3. The normalized spacial score (nSPS) is 32.4. The van der Waals surface area contributed by atoms with E-state index in [-0.39, 0.29) is 36.0 Å². The highest BCUT2D eigenvalue weighted by Gasteiger charge is 2.43. The number of hydrogen-bond acceptors (Lipinski definition) is 3. The number of rotatable bonds is 5. The molecule has 0 aromatic rings. The number of carbonyl (C=O) groups excluding carboxylic acids is 2. The average Bonchev–Trinajstić information content (AvgIpc) is 2.95. The summed E-state index contributed by atoms with van der Waals surface area (Å²) in [5.41, 5.74) is 0. The Bertz CT molecular complexity index is 366. The minimum Gasteiger partial charge on any atom is -0.376 e. The van der Waals surface area contributed by atoms with E-state index in [1.165, 1.54) is 0 Å². The summed E-state index contributed by atoms with van der Waals surface area (Å²) in [6, 6.07) is -0.741. The predicted molar refractivity (Wildman–Crippen MR) is 76.2 cm³/mol. The van der Waals surface area contributed by atoms with Crippen LogP contribution in [-0.4, -0.2) is 47.6 Å². The van der Waals surface area contributed by atoms with Crippen LogP contribution in [0.5, 0.6) is 0 Å². The van der Waals surface area contributed by atoms with Crippen LogP contribution in [0.1, 0.15) is 52.9 Å². The molecule has 4 unspecified atom stereocenters. The van der Waals surface area contributed by atoms with E-state index in [1.807, 2.05) is 20.8 Å².